The van der Waals surface area contributed by atoms with E-state index in [0.717, 1.165) is 18.7 Å². The maximum absolute atomic E-state index is 12.0. The first-order valence-corrected chi connectivity index (χ1v) is 10.7. The fourth-order valence-corrected chi connectivity index (χ4v) is 4.77. The molecule has 1 spiro atoms. The molecule has 2 fully saturated rings. The number of piperidine rings is 1. The van der Waals surface area contributed by atoms with Crippen molar-refractivity contribution in [2.24, 2.45) is 10.5 Å². The number of anilines is 1. The van der Waals surface area contributed by atoms with E-state index in [1.807, 2.05) is 0 Å². The molecule has 1 aromatic carbocycles. The number of aryl methyl sites for hydroxylation is 1. The largest absolute Gasteiger partial charge is 0.371 e. The van der Waals surface area contributed by atoms with E-state index in [4.69, 9.17) is 0 Å². The second-order valence-electron chi connectivity index (χ2n) is 8.52. The minimum Gasteiger partial charge on any atom is -0.371 e. The Morgan fingerprint density at radius 3 is 2.48 bits per heavy atom. The number of aromatic nitrogens is 1. The lowest BCUT2D eigenvalue weighted by Gasteiger charge is -2.45. The summed E-state index contributed by atoms with van der Waals surface area (Å²) in [5.74, 6) is -0.233. The predicted octanol–water partition coefficient (Wildman–Crippen LogP) is 4.70. The van der Waals surface area contributed by atoms with E-state index >= 15 is 0 Å². The molecule has 1 amide bonds. The number of rotatable bonds is 4. The van der Waals surface area contributed by atoms with Crippen LogP contribution in [0, 0.1) is 12.3 Å². The summed E-state index contributed by atoms with van der Waals surface area (Å²) in [6, 6.07) is 9.85. The SMILES string of the molecule is Cc1cc(N2CCC3(CCCCC3)CC2)ccc1C=NNC(=O)c1ccncc1. The van der Waals surface area contributed by atoms with Gasteiger partial charge >= 0.3 is 0 Å². The molecule has 2 aromatic rings. The number of hydrazone groups is 1. The van der Waals surface area contributed by atoms with Crippen LogP contribution in [0.25, 0.3) is 0 Å². The number of hydrogen-bond donors (Lipinski definition) is 1. The topological polar surface area (TPSA) is 57.6 Å². The molecular weight excluding hydrogens is 360 g/mol. The molecule has 1 aliphatic heterocycles. The quantitative estimate of drug-likeness (QED) is 0.608. The number of nitrogens with zero attached hydrogens (tertiary/aromatic N) is 3. The maximum atomic E-state index is 12.0. The first kappa shape index (κ1) is 19.6. The lowest BCUT2D eigenvalue weighted by molar-refractivity contribution is 0.0955. The zero-order valence-corrected chi connectivity index (χ0v) is 17.2. The Balaban J connectivity index is 1.35. The Morgan fingerprint density at radius 2 is 1.79 bits per heavy atom. The third-order valence-electron chi connectivity index (χ3n) is 6.67. The summed E-state index contributed by atoms with van der Waals surface area (Å²) < 4.78 is 0. The van der Waals surface area contributed by atoms with Crippen LogP contribution in [0.4, 0.5) is 5.69 Å². The molecule has 152 valence electrons. The molecule has 29 heavy (non-hydrogen) atoms. The molecule has 5 nitrogen and oxygen atoms in total. The van der Waals surface area contributed by atoms with Gasteiger partial charge in [0.25, 0.3) is 5.91 Å². The highest BCUT2D eigenvalue weighted by Gasteiger charge is 2.35. The van der Waals surface area contributed by atoms with Crippen LogP contribution < -0.4 is 10.3 Å². The van der Waals surface area contributed by atoms with Crippen molar-refractivity contribution in [1.29, 1.82) is 0 Å². The van der Waals surface area contributed by atoms with E-state index in [9.17, 15) is 4.79 Å². The highest BCUT2D eigenvalue weighted by molar-refractivity contribution is 5.94. The number of benzene rings is 1. The summed E-state index contributed by atoms with van der Waals surface area (Å²) in [4.78, 5) is 18.5. The van der Waals surface area contributed by atoms with Crippen molar-refractivity contribution in [2.75, 3.05) is 18.0 Å². The second-order valence-corrected chi connectivity index (χ2v) is 8.52. The van der Waals surface area contributed by atoms with Crippen molar-refractivity contribution in [3.8, 4) is 0 Å². The van der Waals surface area contributed by atoms with E-state index in [2.05, 4.69) is 45.5 Å². The fraction of sp³-hybridized carbons (Fsp3) is 0.458. The lowest BCUT2D eigenvalue weighted by Crippen LogP contribution is -2.41. The van der Waals surface area contributed by atoms with Crippen molar-refractivity contribution < 1.29 is 4.79 Å². The van der Waals surface area contributed by atoms with Crippen LogP contribution >= 0.6 is 0 Å². The van der Waals surface area contributed by atoms with E-state index in [1.165, 1.54) is 56.2 Å². The van der Waals surface area contributed by atoms with Crippen LogP contribution in [0.15, 0.2) is 47.8 Å². The minimum absolute atomic E-state index is 0.233. The molecule has 1 N–H and O–H groups in total. The summed E-state index contributed by atoms with van der Waals surface area (Å²) in [6.45, 7) is 4.42. The van der Waals surface area contributed by atoms with Crippen LogP contribution in [-0.4, -0.2) is 30.2 Å². The molecule has 1 aliphatic carbocycles. The van der Waals surface area contributed by atoms with Gasteiger partial charge in [-0.15, -0.1) is 0 Å². The molecule has 0 atom stereocenters. The van der Waals surface area contributed by atoms with E-state index in [-0.39, 0.29) is 5.91 Å². The number of pyridine rings is 1. The normalized spacial score (nSPS) is 18.9. The molecule has 0 unspecified atom stereocenters. The van der Waals surface area contributed by atoms with Gasteiger partial charge in [0, 0.05) is 36.7 Å². The molecule has 1 saturated heterocycles. The van der Waals surface area contributed by atoms with Crippen molar-refractivity contribution in [1.82, 2.24) is 10.4 Å². The molecular formula is C24H30N4O. The standard InChI is InChI=1S/C24H30N4O/c1-19-17-22(28-15-11-24(12-16-28)9-3-2-4-10-24)6-5-21(19)18-26-27-23(29)20-7-13-25-14-8-20/h5-8,13-14,17-18H,2-4,9-12,15-16H2,1H3,(H,27,29). The summed E-state index contributed by atoms with van der Waals surface area (Å²) >= 11 is 0. The van der Waals surface area contributed by atoms with Gasteiger partial charge in [0.1, 0.15) is 0 Å². The number of carbonyl (C=O) groups is 1. The van der Waals surface area contributed by atoms with Crippen LogP contribution in [0.1, 0.15) is 66.4 Å². The van der Waals surface area contributed by atoms with Crippen LogP contribution in [0.3, 0.4) is 0 Å². The third kappa shape index (κ3) is 4.66. The van der Waals surface area contributed by atoms with Crippen molar-refractivity contribution in [2.45, 2.75) is 51.9 Å². The number of nitrogens with one attached hydrogen (secondary N) is 1. The van der Waals surface area contributed by atoms with Crippen molar-refractivity contribution in [3.63, 3.8) is 0 Å². The Morgan fingerprint density at radius 1 is 1.07 bits per heavy atom. The highest BCUT2D eigenvalue weighted by Crippen LogP contribution is 2.45. The number of amides is 1. The number of carbonyl (C=O) groups excluding carboxylic acids is 1. The Hall–Kier alpha value is -2.69. The Bertz CT molecular complexity index is 862. The van der Waals surface area contributed by atoms with E-state index < -0.39 is 0 Å². The van der Waals surface area contributed by atoms with Crippen LogP contribution in [0.5, 0.6) is 0 Å². The molecule has 2 heterocycles. The summed E-state index contributed by atoms with van der Waals surface area (Å²) in [5, 5.41) is 4.12. The van der Waals surface area contributed by atoms with Gasteiger partial charge in [-0.2, -0.15) is 5.10 Å². The van der Waals surface area contributed by atoms with Gasteiger partial charge < -0.3 is 4.90 Å². The monoisotopic (exact) mass is 390 g/mol. The third-order valence-corrected chi connectivity index (χ3v) is 6.67. The zero-order valence-electron chi connectivity index (χ0n) is 17.2. The molecule has 4 rings (SSSR count). The Labute approximate surface area is 173 Å². The van der Waals surface area contributed by atoms with Gasteiger partial charge in [0.15, 0.2) is 0 Å². The molecule has 2 aliphatic rings. The molecule has 1 aromatic heterocycles. The summed E-state index contributed by atoms with van der Waals surface area (Å²) in [7, 11) is 0. The summed E-state index contributed by atoms with van der Waals surface area (Å²) in [5.41, 5.74) is 7.24. The number of hydrogen-bond acceptors (Lipinski definition) is 4. The van der Waals surface area contributed by atoms with E-state index in [1.54, 1.807) is 30.7 Å². The first-order chi connectivity index (χ1) is 14.2. The average Bonchev–Trinajstić information content (AvgIpc) is 2.76. The highest BCUT2D eigenvalue weighted by atomic mass is 16.2. The van der Waals surface area contributed by atoms with Crippen molar-refractivity contribution >= 4 is 17.8 Å². The van der Waals surface area contributed by atoms with Crippen molar-refractivity contribution in [3.05, 3.63) is 59.4 Å². The van der Waals surface area contributed by atoms with Gasteiger partial charge in [-0.25, -0.2) is 5.43 Å². The maximum Gasteiger partial charge on any atom is 0.271 e. The lowest BCUT2D eigenvalue weighted by atomic mass is 9.68. The summed E-state index contributed by atoms with van der Waals surface area (Å²) in [6.07, 6.45) is 14.7. The fourth-order valence-electron chi connectivity index (χ4n) is 4.77. The Kier molecular flexibility index (Phi) is 5.93. The zero-order chi connectivity index (χ0) is 20.1. The first-order valence-electron chi connectivity index (χ1n) is 10.7. The van der Waals surface area contributed by atoms with E-state index in [0.29, 0.717) is 11.0 Å². The van der Waals surface area contributed by atoms with Gasteiger partial charge in [-0.05, 0) is 73.4 Å². The van der Waals surface area contributed by atoms with Crippen LogP contribution in [-0.2, 0) is 0 Å². The minimum atomic E-state index is -0.233. The van der Waals surface area contributed by atoms with Gasteiger partial charge in [0.05, 0.1) is 6.21 Å². The van der Waals surface area contributed by atoms with Crippen LogP contribution in [0.2, 0.25) is 0 Å². The smallest absolute Gasteiger partial charge is 0.271 e. The second kappa shape index (κ2) is 8.76. The average molecular weight is 391 g/mol. The van der Waals surface area contributed by atoms with Gasteiger partial charge in [0.2, 0.25) is 0 Å². The molecule has 0 bridgehead atoms. The predicted molar refractivity (Wildman–Crippen MR) is 117 cm³/mol. The van der Waals surface area contributed by atoms with Gasteiger partial charge in [-0.1, -0.05) is 25.3 Å². The van der Waals surface area contributed by atoms with Gasteiger partial charge in [-0.3, -0.25) is 9.78 Å². The molecule has 5 heteroatoms. The molecule has 0 radical (unpaired) electrons. The molecule has 1 saturated carbocycles.